The highest BCUT2D eigenvalue weighted by molar-refractivity contribution is 5.80. The Labute approximate surface area is 134 Å². The first-order chi connectivity index (χ1) is 11.2. The van der Waals surface area contributed by atoms with Gasteiger partial charge in [0.15, 0.2) is 11.7 Å². The van der Waals surface area contributed by atoms with Gasteiger partial charge in [0, 0.05) is 23.5 Å². The molecule has 0 radical (unpaired) electrons. The van der Waals surface area contributed by atoms with Crippen LogP contribution in [0.1, 0.15) is 36.7 Å². The number of rotatable bonds is 6. The molecule has 3 nitrogen and oxygen atoms in total. The Morgan fingerprint density at radius 2 is 1.74 bits per heavy atom. The van der Waals surface area contributed by atoms with Crippen LogP contribution in [0.2, 0.25) is 0 Å². The van der Waals surface area contributed by atoms with Crippen molar-refractivity contribution in [2.75, 3.05) is 7.11 Å². The van der Waals surface area contributed by atoms with E-state index in [4.69, 9.17) is 4.74 Å². The van der Waals surface area contributed by atoms with Crippen molar-refractivity contribution in [3.05, 3.63) is 59.7 Å². The molecule has 2 rings (SSSR count). The molecule has 0 atom stereocenters. The molecule has 1 heterocycles. The molecule has 23 heavy (non-hydrogen) atoms. The highest BCUT2D eigenvalue weighted by Gasteiger charge is 2.14. The summed E-state index contributed by atoms with van der Waals surface area (Å²) in [6, 6.07) is 6.00. The van der Waals surface area contributed by atoms with Crippen LogP contribution in [0.25, 0.3) is 17.7 Å². The molecule has 0 aliphatic carbocycles. The van der Waals surface area contributed by atoms with Crippen molar-refractivity contribution >= 4 is 17.7 Å². The Morgan fingerprint density at radius 3 is 2.30 bits per heavy atom. The number of benzene rings is 1. The van der Waals surface area contributed by atoms with Crippen LogP contribution in [-0.2, 0) is 0 Å². The third-order valence-electron chi connectivity index (χ3n) is 3.17. The molecule has 0 spiro atoms. The molecule has 0 bridgehead atoms. The van der Waals surface area contributed by atoms with Gasteiger partial charge >= 0.3 is 0 Å². The van der Waals surface area contributed by atoms with Crippen molar-refractivity contribution in [2.45, 2.75) is 19.8 Å². The minimum absolute atomic E-state index is 0.110. The first kappa shape index (κ1) is 16.8. The number of nitrogens with zero attached hydrogens (tertiary/aromatic N) is 2. The first-order valence-electron chi connectivity index (χ1n) is 7.34. The molecule has 1 aromatic carbocycles. The lowest BCUT2D eigenvalue weighted by atomic mass is 10.1. The van der Waals surface area contributed by atoms with Gasteiger partial charge < -0.3 is 4.74 Å². The van der Waals surface area contributed by atoms with Crippen molar-refractivity contribution in [3.8, 4) is 5.75 Å². The molecule has 0 saturated heterocycles. The van der Waals surface area contributed by atoms with E-state index >= 15 is 0 Å². The minimum atomic E-state index is -1.08. The predicted octanol–water partition coefficient (Wildman–Crippen LogP) is 5.06. The third-order valence-corrected chi connectivity index (χ3v) is 3.17. The van der Waals surface area contributed by atoms with Gasteiger partial charge in [-0.05, 0) is 30.7 Å². The molecular weight excluding hydrogens is 298 g/mol. The first-order valence-corrected chi connectivity index (χ1v) is 7.34. The van der Waals surface area contributed by atoms with Gasteiger partial charge in [0.1, 0.15) is 5.75 Å². The summed E-state index contributed by atoms with van der Waals surface area (Å²) in [4.78, 5) is 7.76. The van der Waals surface area contributed by atoms with E-state index in [1.807, 2.05) is 12.2 Å². The van der Waals surface area contributed by atoms with E-state index in [0.717, 1.165) is 18.4 Å². The SMILES string of the molecule is CCC/C=C/c1cnc(/C(F)=C(/F)c2ccc(OC)cc2)nc1. The maximum absolute atomic E-state index is 14.2. The number of allylic oxidation sites excluding steroid dienone is 1. The van der Waals surface area contributed by atoms with E-state index in [0.29, 0.717) is 5.75 Å². The number of ether oxygens (including phenoxy) is 1. The van der Waals surface area contributed by atoms with Crippen LogP contribution >= 0.6 is 0 Å². The molecule has 0 amide bonds. The highest BCUT2D eigenvalue weighted by atomic mass is 19.2. The normalized spacial score (nSPS) is 12.3. The number of halogens is 2. The molecule has 0 fully saturated rings. The fourth-order valence-electron chi connectivity index (χ4n) is 1.89. The Hall–Kier alpha value is -2.56. The van der Waals surface area contributed by atoms with E-state index in [1.54, 1.807) is 12.1 Å². The minimum Gasteiger partial charge on any atom is -0.497 e. The van der Waals surface area contributed by atoms with E-state index < -0.39 is 11.7 Å². The average molecular weight is 316 g/mol. The van der Waals surface area contributed by atoms with Gasteiger partial charge in [0.2, 0.25) is 5.83 Å². The number of aromatic nitrogens is 2. The Kier molecular flexibility index (Phi) is 5.97. The summed E-state index contributed by atoms with van der Waals surface area (Å²) in [5.41, 5.74) is 0.860. The quantitative estimate of drug-likeness (QED) is 0.747. The second-order valence-electron chi connectivity index (χ2n) is 4.89. The zero-order chi connectivity index (χ0) is 16.7. The smallest absolute Gasteiger partial charge is 0.203 e. The van der Waals surface area contributed by atoms with Gasteiger partial charge in [0.05, 0.1) is 7.11 Å². The molecule has 2 aromatic rings. The maximum Gasteiger partial charge on any atom is 0.203 e. The van der Waals surface area contributed by atoms with Crippen LogP contribution in [0.3, 0.4) is 0 Å². The number of hydrogen-bond acceptors (Lipinski definition) is 3. The zero-order valence-corrected chi connectivity index (χ0v) is 13.1. The van der Waals surface area contributed by atoms with E-state index in [9.17, 15) is 8.78 Å². The topological polar surface area (TPSA) is 35.0 Å². The standard InChI is InChI=1S/C18H18F2N2O/c1-3-4-5-6-13-11-21-18(22-12-13)17(20)16(19)14-7-9-15(23-2)10-8-14/h5-12H,3-4H2,1-2H3/b6-5+,17-16-. The molecule has 0 saturated carbocycles. The molecule has 0 aliphatic heterocycles. The van der Waals surface area contributed by atoms with Crippen LogP contribution in [0.4, 0.5) is 8.78 Å². The second-order valence-corrected chi connectivity index (χ2v) is 4.89. The van der Waals surface area contributed by atoms with Crippen LogP contribution in [0.5, 0.6) is 5.75 Å². The van der Waals surface area contributed by atoms with Gasteiger partial charge in [-0.1, -0.05) is 25.5 Å². The number of hydrogen-bond donors (Lipinski definition) is 0. The number of methoxy groups -OCH3 is 1. The highest BCUT2D eigenvalue weighted by Crippen LogP contribution is 2.27. The Balaban J connectivity index is 2.21. The zero-order valence-electron chi connectivity index (χ0n) is 13.1. The maximum atomic E-state index is 14.2. The van der Waals surface area contributed by atoms with Crippen LogP contribution in [0.15, 0.2) is 42.7 Å². The molecule has 0 N–H and O–H groups in total. The predicted molar refractivity (Wildman–Crippen MR) is 88.0 cm³/mol. The summed E-state index contributed by atoms with van der Waals surface area (Å²) in [6.07, 6.45) is 8.77. The fraction of sp³-hybridized carbons (Fsp3) is 0.222. The molecule has 0 unspecified atom stereocenters. The largest absolute Gasteiger partial charge is 0.497 e. The lowest BCUT2D eigenvalue weighted by Crippen LogP contribution is -1.93. The van der Waals surface area contributed by atoms with Gasteiger partial charge in [-0.2, -0.15) is 4.39 Å². The van der Waals surface area contributed by atoms with Gasteiger partial charge in [-0.25, -0.2) is 14.4 Å². The van der Waals surface area contributed by atoms with Crippen LogP contribution in [0, 0.1) is 0 Å². The summed E-state index contributed by atoms with van der Waals surface area (Å²) in [5, 5.41) is 0. The Bertz CT molecular complexity index is 692. The van der Waals surface area contributed by atoms with Gasteiger partial charge in [-0.3, -0.25) is 0 Å². The van der Waals surface area contributed by atoms with Crippen molar-refractivity contribution in [2.24, 2.45) is 0 Å². The average Bonchev–Trinajstić information content (AvgIpc) is 2.61. The van der Waals surface area contributed by atoms with Crippen molar-refractivity contribution in [1.82, 2.24) is 9.97 Å². The van der Waals surface area contributed by atoms with Gasteiger partial charge in [-0.15, -0.1) is 0 Å². The second kappa shape index (κ2) is 8.17. The summed E-state index contributed by atoms with van der Waals surface area (Å²) in [5.74, 6) is -1.78. The summed E-state index contributed by atoms with van der Waals surface area (Å²) in [6.45, 7) is 2.08. The monoisotopic (exact) mass is 316 g/mol. The lowest BCUT2D eigenvalue weighted by Gasteiger charge is -2.03. The van der Waals surface area contributed by atoms with E-state index in [-0.39, 0.29) is 11.4 Å². The third kappa shape index (κ3) is 4.45. The molecule has 1 aromatic heterocycles. The Morgan fingerprint density at radius 1 is 1.09 bits per heavy atom. The van der Waals surface area contributed by atoms with Crippen LogP contribution < -0.4 is 4.74 Å². The molecule has 0 aliphatic rings. The van der Waals surface area contributed by atoms with Crippen molar-refractivity contribution in [1.29, 1.82) is 0 Å². The summed E-state index contributed by atoms with van der Waals surface area (Å²) in [7, 11) is 1.51. The molecular formula is C18H18F2N2O. The molecule has 120 valence electrons. The number of unbranched alkanes of at least 4 members (excludes halogenated alkanes) is 1. The van der Waals surface area contributed by atoms with Crippen molar-refractivity contribution < 1.29 is 13.5 Å². The van der Waals surface area contributed by atoms with Crippen LogP contribution in [-0.4, -0.2) is 17.1 Å². The van der Waals surface area contributed by atoms with E-state index in [2.05, 4.69) is 16.9 Å². The van der Waals surface area contributed by atoms with E-state index in [1.165, 1.54) is 31.6 Å². The summed E-state index contributed by atoms with van der Waals surface area (Å²) >= 11 is 0. The fourth-order valence-corrected chi connectivity index (χ4v) is 1.89. The molecule has 5 heteroatoms. The lowest BCUT2D eigenvalue weighted by molar-refractivity contribution is 0.414. The van der Waals surface area contributed by atoms with Crippen molar-refractivity contribution in [3.63, 3.8) is 0 Å². The summed E-state index contributed by atoms with van der Waals surface area (Å²) < 4.78 is 33.3. The van der Waals surface area contributed by atoms with Gasteiger partial charge in [0.25, 0.3) is 0 Å².